The van der Waals surface area contributed by atoms with Gasteiger partial charge in [-0.25, -0.2) is 9.37 Å². The molecule has 0 saturated carbocycles. The first kappa shape index (κ1) is 20.0. The minimum Gasteiger partial charge on any atom is -0.388 e. The lowest BCUT2D eigenvalue weighted by atomic mass is 9.75. The predicted octanol–water partition coefficient (Wildman–Crippen LogP) is 2.70. The van der Waals surface area contributed by atoms with Crippen molar-refractivity contribution in [3.05, 3.63) is 35.6 Å². The summed E-state index contributed by atoms with van der Waals surface area (Å²) in [4.78, 5) is 18.3. The highest BCUT2D eigenvalue weighted by molar-refractivity contribution is 5.84. The third kappa shape index (κ3) is 3.94. The van der Waals surface area contributed by atoms with Gasteiger partial charge in [-0.2, -0.15) is 0 Å². The quantitative estimate of drug-likeness (QED) is 0.809. The molecular formula is C22H28FN3O3. The van der Waals surface area contributed by atoms with Gasteiger partial charge < -0.3 is 20.1 Å². The summed E-state index contributed by atoms with van der Waals surface area (Å²) in [7, 11) is 0. The zero-order valence-corrected chi connectivity index (χ0v) is 17.2. The van der Waals surface area contributed by atoms with Crippen LogP contribution in [0.15, 0.2) is 24.3 Å². The molecular weight excluding hydrogens is 373 g/mol. The van der Waals surface area contributed by atoms with E-state index < -0.39 is 17.2 Å². The van der Waals surface area contributed by atoms with E-state index in [9.17, 15) is 14.3 Å². The monoisotopic (exact) mass is 401 g/mol. The molecule has 7 heteroatoms. The second-order valence-corrected chi connectivity index (χ2v) is 8.73. The van der Waals surface area contributed by atoms with Crippen LogP contribution in [0.4, 0.5) is 10.2 Å². The summed E-state index contributed by atoms with van der Waals surface area (Å²) >= 11 is 0. The first-order valence-electron chi connectivity index (χ1n) is 10.1. The molecule has 2 atom stereocenters. The van der Waals surface area contributed by atoms with E-state index >= 15 is 0 Å². The van der Waals surface area contributed by atoms with Gasteiger partial charge in [0.15, 0.2) is 0 Å². The molecule has 0 unspecified atom stereocenters. The number of amides is 1. The molecule has 2 aromatic rings. The van der Waals surface area contributed by atoms with Crippen LogP contribution in [0.1, 0.15) is 38.7 Å². The largest absolute Gasteiger partial charge is 0.388 e. The molecule has 1 aromatic carbocycles. The van der Waals surface area contributed by atoms with Crippen molar-refractivity contribution in [1.82, 2.24) is 10.3 Å². The van der Waals surface area contributed by atoms with Gasteiger partial charge in [0.25, 0.3) is 0 Å². The fourth-order valence-electron chi connectivity index (χ4n) is 4.69. The van der Waals surface area contributed by atoms with Crippen LogP contribution in [-0.4, -0.2) is 52.9 Å². The Morgan fingerprint density at radius 3 is 2.72 bits per heavy atom. The number of fused-ring (bicyclic) bond motifs is 1. The number of aromatic nitrogens is 1. The van der Waals surface area contributed by atoms with Crippen LogP contribution < -0.4 is 10.2 Å². The summed E-state index contributed by atoms with van der Waals surface area (Å²) in [6.07, 6.45) is 2.00. The van der Waals surface area contributed by atoms with Crippen LogP contribution in [0.3, 0.4) is 0 Å². The van der Waals surface area contributed by atoms with Crippen molar-refractivity contribution >= 4 is 22.6 Å². The van der Waals surface area contributed by atoms with Gasteiger partial charge in [-0.3, -0.25) is 4.79 Å². The van der Waals surface area contributed by atoms with Gasteiger partial charge in [-0.05, 0) is 50.5 Å². The van der Waals surface area contributed by atoms with E-state index in [1.54, 1.807) is 13.0 Å². The number of rotatable bonds is 2. The molecule has 1 spiro atoms. The first-order valence-corrected chi connectivity index (χ1v) is 10.1. The number of carbonyl (C=O) groups excluding carboxylic acids is 1. The lowest BCUT2D eigenvalue weighted by Gasteiger charge is -2.51. The lowest BCUT2D eigenvalue weighted by molar-refractivity contribution is -0.180. The Bertz CT molecular complexity index is 938. The van der Waals surface area contributed by atoms with Crippen LogP contribution in [0.5, 0.6) is 0 Å². The fourth-order valence-corrected chi connectivity index (χ4v) is 4.69. The van der Waals surface area contributed by atoms with Crippen LogP contribution >= 0.6 is 0 Å². The average molecular weight is 401 g/mol. The summed E-state index contributed by atoms with van der Waals surface area (Å²) in [5.74, 6) is 0.388. The van der Waals surface area contributed by atoms with E-state index in [0.29, 0.717) is 18.5 Å². The Morgan fingerprint density at radius 1 is 1.34 bits per heavy atom. The maximum absolute atomic E-state index is 13.6. The Hall–Kier alpha value is -2.25. The number of piperidine rings is 1. The van der Waals surface area contributed by atoms with E-state index in [1.807, 2.05) is 13.0 Å². The van der Waals surface area contributed by atoms with Crippen LogP contribution in [-0.2, 0) is 9.53 Å². The molecule has 0 bridgehead atoms. The number of hydrogen-bond acceptors (Lipinski definition) is 5. The van der Waals surface area contributed by atoms with Crippen molar-refractivity contribution in [2.24, 2.45) is 0 Å². The number of hydrogen-bond donors (Lipinski definition) is 2. The smallest absolute Gasteiger partial charge is 0.217 e. The standard InChI is InChI=1S/C22H28FN3O3/c1-14-10-20(25-18-11-16(23)4-5-17(14)18)26-8-6-22(7-9-26)13-21(3,28)19(12-29-22)24-15(2)27/h4-5,10-11,19,28H,6-9,12-13H2,1-3H3,(H,24,27)/t19-,21-/m0/s1. The molecule has 0 aliphatic carbocycles. The molecule has 2 aliphatic heterocycles. The summed E-state index contributed by atoms with van der Waals surface area (Å²) in [6.45, 7) is 7.03. The van der Waals surface area contributed by atoms with Gasteiger partial charge >= 0.3 is 0 Å². The third-order valence-corrected chi connectivity index (χ3v) is 6.33. The third-order valence-electron chi connectivity index (χ3n) is 6.33. The molecule has 1 aromatic heterocycles. The van der Waals surface area contributed by atoms with E-state index in [-0.39, 0.29) is 11.7 Å². The number of nitrogens with one attached hydrogen (secondary N) is 1. The number of benzene rings is 1. The van der Waals surface area contributed by atoms with Crippen LogP contribution in [0.25, 0.3) is 10.9 Å². The Balaban J connectivity index is 1.49. The van der Waals surface area contributed by atoms with Crippen molar-refractivity contribution in [3.8, 4) is 0 Å². The summed E-state index contributed by atoms with van der Waals surface area (Å²) < 4.78 is 19.8. The molecule has 4 rings (SSSR count). The maximum atomic E-state index is 13.6. The number of pyridine rings is 1. The molecule has 0 radical (unpaired) electrons. The van der Waals surface area contributed by atoms with E-state index in [0.717, 1.165) is 42.7 Å². The number of halogens is 1. The zero-order chi connectivity index (χ0) is 20.8. The normalized spacial score (nSPS) is 26.7. The van der Waals surface area contributed by atoms with E-state index in [1.165, 1.54) is 19.1 Å². The second-order valence-electron chi connectivity index (χ2n) is 8.73. The Morgan fingerprint density at radius 2 is 2.07 bits per heavy atom. The van der Waals surface area contributed by atoms with Crippen molar-refractivity contribution in [2.75, 3.05) is 24.6 Å². The van der Waals surface area contributed by atoms with Crippen molar-refractivity contribution in [1.29, 1.82) is 0 Å². The zero-order valence-electron chi connectivity index (χ0n) is 17.2. The Kier molecular flexibility index (Phi) is 4.99. The van der Waals surface area contributed by atoms with Crippen molar-refractivity contribution in [2.45, 2.75) is 57.3 Å². The van der Waals surface area contributed by atoms with Gasteiger partial charge in [-0.15, -0.1) is 0 Å². The Labute approximate surface area is 170 Å². The summed E-state index contributed by atoms with van der Waals surface area (Å²) in [5.41, 5.74) is 0.324. The molecule has 1 amide bonds. The topological polar surface area (TPSA) is 74.7 Å². The SMILES string of the molecule is CC(=O)N[C@H]1COC2(CCN(c3cc(C)c4ccc(F)cc4n3)CC2)C[C@]1(C)O. The van der Waals surface area contributed by atoms with Gasteiger partial charge in [-0.1, -0.05) is 0 Å². The lowest BCUT2D eigenvalue weighted by Crippen LogP contribution is -2.63. The summed E-state index contributed by atoms with van der Waals surface area (Å²) in [6, 6.07) is 6.35. The number of nitrogens with zero attached hydrogens (tertiary/aromatic N) is 2. The van der Waals surface area contributed by atoms with Gasteiger partial charge in [0, 0.05) is 37.9 Å². The maximum Gasteiger partial charge on any atom is 0.217 e. The summed E-state index contributed by atoms with van der Waals surface area (Å²) in [5, 5.41) is 14.7. The molecule has 6 nitrogen and oxygen atoms in total. The fraction of sp³-hybridized carbons (Fsp3) is 0.545. The molecule has 2 fully saturated rings. The molecule has 2 N–H and O–H groups in total. The molecule has 2 saturated heterocycles. The number of aliphatic hydroxyl groups is 1. The average Bonchev–Trinajstić information content (AvgIpc) is 2.64. The highest BCUT2D eigenvalue weighted by Crippen LogP contribution is 2.40. The second kappa shape index (κ2) is 7.22. The number of aryl methyl sites for hydroxylation is 1. The minimum atomic E-state index is -1.01. The number of anilines is 1. The van der Waals surface area contributed by atoms with E-state index in [4.69, 9.17) is 4.74 Å². The highest BCUT2D eigenvalue weighted by atomic mass is 19.1. The predicted molar refractivity (Wildman–Crippen MR) is 109 cm³/mol. The molecule has 2 aliphatic rings. The van der Waals surface area contributed by atoms with Crippen LogP contribution in [0, 0.1) is 12.7 Å². The number of ether oxygens (including phenoxy) is 1. The highest BCUT2D eigenvalue weighted by Gasteiger charge is 2.49. The van der Waals surface area contributed by atoms with Crippen molar-refractivity contribution in [3.63, 3.8) is 0 Å². The number of carbonyl (C=O) groups is 1. The van der Waals surface area contributed by atoms with E-state index in [2.05, 4.69) is 15.2 Å². The molecule has 29 heavy (non-hydrogen) atoms. The van der Waals surface area contributed by atoms with Gasteiger partial charge in [0.05, 0.1) is 29.4 Å². The van der Waals surface area contributed by atoms with Gasteiger partial charge in [0.1, 0.15) is 11.6 Å². The molecule has 3 heterocycles. The molecule has 156 valence electrons. The first-order chi connectivity index (χ1) is 13.7. The van der Waals surface area contributed by atoms with Gasteiger partial charge in [0.2, 0.25) is 5.91 Å². The van der Waals surface area contributed by atoms with Crippen molar-refractivity contribution < 1.29 is 19.0 Å². The minimum absolute atomic E-state index is 0.168. The van der Waals surface area contributed by atoms with Crippen LogP contribution in [0.2, 0.25) is 0 Å².